The van der Waals surface area contributed by atoms with Crippen LogP contribution >= 0.6 is 0 Å². The number of imidazole rings is 1. The molecule has 0 bridgehead atoms. The van der Waals surface area contributed by atoms with Gasteiger partial charge in [0.05, 0.1) is 23.9 Å². The summed E-state index contributed by atoms with van der Waals surface area (Å²) >= 11 is 0. The van der Waals surface area contributed by atoms with E-state index >= 15 is 0 Å². The molecule has 3 heterocycles. The van der Waals surface area contributed by atoms with Gasteiger partial charge in [0.1, 0.15) is 0 Å². The molecule has 0 aliphatic carbocycles. The number of benzene rings is 1. The maximum absolute atomic E-state index is 13.1. The third-order valence-electron chi connectivity index (χ3n) is 6.88. The number of carbonyl (C=O) groups is 1. The van der Waals surface area contributed by atoms with Crippen molar-refractivity contribution in [2.24, 2.45) is 7.05 Å². The number of aromatic nitrogens is 2. The van der Waals surface area contributed by atoms with E-state index in [9.17, 15) is 18.0 Å². The average molecular weight is 465 g/mol. The van der Waals surface area contributed by atoms with Gasteiger partial charge in [-0.3, -0.25) is 9.13 Å². The van der Waals surface area contributed by atoms with Gasteiger partial charge >= 0.3 is 11.8 Å². The second kappa shape index (κ2) is 8.90. The Morgan fingerprint density at radius 2 is 1.69 bits per heavy atom. The van der Waals surface area contributed by atoms with Crippen LogP contribution in [0.1, 0.15) is 37.3 Å². The summed E-state index contributed by atoms with van der Waals surface area (Å²) in [5.74, 6) is -0.0790. The minimum atomic E-state index is -3.21. The van der Waals surface area contributed by atoms with Gasteiger partial charge in [-0.15, -0.1) is 0 Å². The average Bonchev–Trinajstić information content (AvgIpc) is 3.03. The zero-order valence-electron chi connectivity index (χ0n) is 19.0. The molecule has 1 aromatic heterocycles. The first-order chi connectivity index (χ1) is 15.2. The number of hydrogen-bond acceptors (Lipinski definition) is 6. The molecule has 9 nitrogen and oxygen atoms in total. The summed E-state index contributed by atoms with van der Waals surface area (Å²) in [6.07, 6.45) is 4.56. The van der Waals surface area contributed by atoms with Crippen molar-refractivity contribution in [3.8, 4) is 0 Å². The fourth-order valence-corrected chi connectivity index (χ4v) is 6.12. The summed E-state index contributed by atoms with van der Waals surface area (Å²) in [4.78, 5) is 29.1. The molecule has 32 heavy (non-hydrogen) atoms. The summed E-state index contributed by atoms with van der Waals surface area (Å²) < 4.78 is 32.0. The maximum Gasteiger partial charge on any atom is 0.409 e. The lowest BCUT2D eigenvalue weighted by atomic mass is 9.97. The van der Waals surface area contributed by atoms with Gasteiger partial charge in [-0.2, -0.15) is 0 Å². The molecule has 10 heteroatoms. The van der Waals surface area contributed by atoms with Crippen molar-refractivity contribution in [1.29, 1.82) is 0 Å². The Morgan fingerprint density at radius 3 is 2.28 bits per heavy atom. The van der Waals surface area contributed by atoms with E-state index in [2.05, 4.69) is 4.90 Å². The molecule has 0 saturated carbocycles. The fraction of sp³-hybridized carbons (Fsp3) is 0.636. The lowest BCUT2D eigenvalue weighted by Crippen LogP contribution is -2.49. The fourth-order valence-electron chi connectivity index (χ4n) is 5.32. The first kappa shape index (κ1) is 22.8. The first-order valence-corrected chi connectivity index (χ1v) is 13.2. The molecule has 0 N–H and O–H groups in total. The van der Waals surface area contributed by atoms with Gasteiger partial charge in [-0.25, -0.2) is 18.0 Å². The number of carbonyl (C=O) groups excluding carboxylic acids is 1. The van der Waals surface area contributed by atoms with Crippen LogP contribution < -0.4 is 5.69 Å². The highest BCUT2D eigenvalue weighted by molar-refractivity contribution is 7.89. The van der Waals surface area contributed by atoms with Crippen molar-refractivity contribution in [1.82, 2.24) is 18.9 Å². The van der Waals surface area contributed by atoms with Crippen molar-refractivity contribution >= 4 is 27.0 Å². The number of para-hydroxylation sites is 1. The smallest absolute Gasteiger partial charge is 0.409 e. The van der Waals surface area contributed by atoms with E-state index in [1.807, 2.05) is 16.7 Å². The molecule has 2 saturated heterocycles. The van der Waals surface area contributed by atoms with Crippen LogP contribution in [-0.4, -0.2) is 79.0 Å². The molecule has 2 aliphatic rings. The second-order valence-electron chi connectivity index (χ2n) is 9.02. The zero-order valence-corrected chi connectivity index (χ0v) is 19.8. The molecular formula is C22H32N4O5S. The van der Waals surface area contributed by atoms with E-state index in [-0.39, 0.29) is 23.6 Å². The summed E-state index contributed by atoms with van der Waals surface area (Å²) in [5, 5.41) is 0. The Hall–Kier alpha value is -2.33. The quantitative estimate of drug-likeness (QED) is 0.684. The van der Waals surface area contributed by atoms with Crippen LogP contribution in [-0.2, 0) is 27.4 Å². The molecule has 2 aromatic rings. The normalized spacial score (nSPS) is 19.5. The van der Waals surface area contributed by atoms with E-state index in [0.717, 1.165) is 44.3 Å². The number of piperidine rings is 2. The molecule has 1 amide bonds. The summed E-state index contributed by atoms with van der Waals surface area (Å²) in [6, 6.07) is 6.07. The number of methoxy groups -OCH3 is 1. The number of amides is 1. The molecule has 0 atom stereocenters. The minimum absolute atomic E-state index is 0.0790. The molecule has 176 valence electrons. The van der Waals surface area contributed by atoms with Crippen molar-refractivity contribution in [3.05, 3.63) is 34.2 Å². The van der Waals surface area contributed by atoms with E-state index in [4.69, 9.17) is 4.74 Å². The first-order valence-electron chi connectivity index (χ1n) is 11.1. The predicted octanol–water partition coefficient (Wildman–Crippen LogP) is 1.75. The third-order valence-corrected chi connectivity index (χ3v) is 7.72. The molecule has 0 unspecified atom stereocenters. The predicted molar refractivity (Wildman–Crippen MR) is 123 cm³/mol. The highest BCUT2D eigenvalue weighted by atomic mass is 32.2. The van der Waals surface area contributed by atoms with Crippen LogP contribution in [0.5, 0.6) is 0 Å². The van der Waals surface area contributed by atoms with Crippen LogP contribution in [0, 0.1) is 0 Å². The van der Waals surface area contributed by atoms with Gasteiger partial charge in [0.15, 0.2) is 9.84 Å². The number of sulfone groups is 1. The number of ether oxygens (including phenoxy) is 1. The molecular weight excluding hydrogens is 432 g/mol. The zero-order chi connectivity index (χ0) is 23.0. The van der Waals surface area contributed by atoms with E-state index in [1.165, 1.54) is 13.4 Å². The summed E-state index contributed by atoms with van der Waals surface area (Å²) in [7, 11) is -0.0738. The summed E-state index contributed by atoms with van der Waals surface area (Å²) in [5.41, 5.74) is 2.09. The molecule has 1 aromatic carbocycles. The topological polar surface area (TPSA) is 93.8 Å². The largest absolute Gasteiger partial charge is 0.453 e. The van der Waals surface area contributed by atoms with Gasteiger partial charge in [-0.05, 0) is 37.3 Å². The number of hydrogen-bond donors (Lipinski definition) is 0. The van der Waals surface area contributed by atoms with E-state index in [1.54, 1.807) is 22.6 Å². The number of fused-ring (bicyclic) bond motifs is 1. The monoisotopic (exact) mass is 464 g/mol. The highest BCUT2D eigenvalue weighted by Gasteiger charge is 2.31. The molecule has 0 spiro atoms. The van der Waals surface area contributed by atoms with Crippen LogP contribution in [0.15, 0.2) is 23.0 Å². The lowest BCUT2D eigenvalue weighted by molar-refractivity contribution is 0.0686. The van der Waals surface area contributed by atoms with Gasteiger partial charge in [0, 0.05) is 51.6 Å². The van der Waals surface area contributed by atoms with Gasteiger partial charge in [-0.1, -0.05) is 12.1 Å². The van der Waals surface area contributed by atoms with Crippen molar-refractivity contribution < 1.29 is 17.9 Å². The van der Waals surface area contributed by atoms with E-state index < -0.39 is 9.84 Å². The van der Waals surface area contributed by atoms with Gasteiger partial charge < -0.3 is 14.5 Å². The molecule has 0 radical (unpaired) electrons. The molecule has 2 fully saturated rings. The number of likely N-dealkylation sites (tertiary alicyclic amines) is 2. The minimum Gasteiger partial charge on any atom is -0.453 e. The summed E-state index contributed by atoms with van der Waals surface area (Å²) in [6.45, 7) is 3.23. The number of nitrogens with zero attached hydrogens (tertiary/aromatic N) is 4. The Balaban J connectivity index is 1.49. The van der Waals surface area contributed by atoms with Crippen molar-refractivity contribution in [2.45, 2.75) is 43.5 Å². The van der Waals surface area contributed by atoms with Gasteiger partial charge in [0.2, 0.25) is 0 Å². The van der Waals surface area contributed by atoms with Crippen LogP contribution in [0.25, 0.3) is 11.0 Å². The number of rotatable bonds is 4. The number of aryl methyl sites for hydroxylation is 1. The van der Waals surface area contributed by atoms with Crippen molar-refractivity contribution in [2.75, 3.05) is 39.5 Å². The van der Waals surface area contributed by atoms with Crippen LogP contribution in [0.3, 0.4) is 0 Å². The lowest BCUT2D eigenvalue weighted by Gasteiger charge is -2.41. The second-order valence-corrected chi connectivity index (χ2v) is 11.2. The molecule has 2 aliphatic heterocycles. The van der Waals surface area contributed by atoms with Gasteiger partial charge in [0.25, 0.3) is 0 Å². The Labute approximate surface area is 188 Å². The van der Waals surface area contributed by atoms with E-state index in [0.29, 0.717) is 30.2 Å². The Morgan fingerprint density at radius 1 is 1.06 bits per heavy atom. The van der Waals surface area contributed by atoms with Crippen LogP contribution in [0.4, 0.5) is 4.79 Å². The SMILES string of the molecule is COC(=O)N1CCC(N2CCC(n3c(=O)n(C)c4c(CS(C)(=O)=O)cccc43)CC2)CC1. The Bertz CT molecular complexity index is 1150. The highest BCUT2D eigenvalue weighted by Crippen LogP contribution is 2.30. The maximum atomic E-state index is 13.1. The van der Waals surface area contributed by atoms with Crippen molar-refractivity contribution in [3.63, 3.8) is 0 Å². The molecule has 4 rings (SSSR count). The van der Waals surface area contributed by atoms with Crippen LogP contribution in [0.2, 0.25) is 0 Å². The Kier molecular flexibility index (Phi) is 6.35. The standard InChI is InChI=1S/C22H32N4O5S/c1-23-20-16(15-32(3,29)30)5-4-6-19(20)26(21(23)27)18-9-11-24(12-10-18)17-7-13-25(14-8-17)22(28)31-2/h4-6,17-18H,7-15H2,1-3H3. The third kappa shape index (κ3) is 4.43.